The monoisotopic (exact) mass is 170 g/mol. The Morgan fingerprint density at radius 1 is 1.67 bits per heavy atom. The average Bonchev–Trinajstić information content (AvgIpc) is 2.36. The first-order valence-electron chi connectivity index (χ1n) is 4.19. The summed E-state index contributed by atoms with van der Waals surface area (Å²) >= 11 is 0. The lowest BCUT2D eigenvalue weighted by molar-refractivity contribution is -0.129. The van der Waals surface area contributed by atoms with E-state index in [0.717, 1.165) is 0 Å². The van der Waals surface area contributed by atoms with Crippen molar-refractivity contribution in [2.24, 2.45) is 5.92 Å². The van der Waals surface area contributed by atoms with Crippen LogP contribution in [0.1, 0.15) is 20.3 Å². The molecule has 0 saturated carbocycles. The molecule has 1 unspecified atom stereocenters. The Hall–Kier alpha value is -1.06. The summed E-state index contributed by atoms with van der Waals surface area (Å²) < 4.78 is 0. The van der Waals surface area contributed by atoms with Crippen molar-refractivity contribution in [3.8, 4) is 0 Å². The van der Waals surface area contributed by atoms with Crippen LogP contribution >= 0.6 is 0 Å². The Labute approximate surface area is 71.7 Å². The lowest BCUT2D eigenvalue weighted by Gasteiger charge is -2.11. The highest BCUT2D eigenvalue weighted by atomic mass is 16.2. The molecule has 1 atom stereocenters. The highest BCUT2D eigenvalue weighted by Crippen LogP contribution is 2.01. The van der Waals surface area contributed by atoms with Gasteiger partial charge in [-0.25, -0.2) is 0 Å². The summed E-state index contributed by atoms with van der Waals surface area (Å²) in [6.45, 7) is 4.28. The molecule has 0 bridgehead atoms. The van der Waals surface area contributed by atoms with Crippen molar-refractivity contribution in [3.63, 3.8) is 0 Å². The van der Waals surface area contributed by atoms with Gasteiger partial charge in [-0.3, -0.25) is 9.59 Å². The van der Waals surface area contributed by atoms with Gasteiger partial charge in [-0.2, -0.15) is 0 Å². The van der Waals surface area contributed by atoms with Crippen LogP contribution in [0, 0.1) is 5.92 Å². The summed E-state index contributed by atoms with van der Waals surface area (Å²) in [5.74, 6) is -0.181. The van der Waals surface area contributed by atoms with E-state index in [1.807, 2.05) is 13.8 Å². The minimum Gasteiger partial charge on any atom is -0.354 e. The Bertz CT molecular complexity index is 201. The molecule has 4 heteroatoms. The maximum Gasteiger partial charge on any atom is 0.242 e. The van der Waals surface area contributed by atoms with Crippen molar-refractivity contribution < 1.29 is 9.59 Å². The zero-order valence-corrected chi connectivity index (χ0v) is 7.39. The third-order valence-electron chi connectivity index (χ3n) is 1.89. The van der Waals surface area contributed by atoms with Gasteiger partial charge < -0.3 is 10.6 Å². The molecule has 4 nitrogen and oxygen atoms in total. The fourth-order valence-corrected chi connectivity index (χ4v) is 1.07. The van der Waals surface area contributed by atoms with E-state index in [2.05, 4.69) is 10.6 Å². The van der Waals surface area contributed by atoms with Gasteiger partial charge in [-0.05, 0) is 6.42 Å². The molecule has 0 spiro atoms. The van der Waals surface area contributed by atoms with Gasteiger partial charge in [0, 0.05) is 12.5 Å². The largest absolute Gasteiger partial charge is 0.354 e. The predicted molar refractivity (Wildman–Crippen MR) is 44.4 cm³/mol. The summed E-state index contributed by atoms with van der Waals surface area (Å²) in [6.07, 6.45) is 0.706. The average molecular weight is 170 g/mol. The lowest BCUT2D eigenvalue weighted by Crippen LogP contribution is -2.41. The molecule has 0 aromatic carbocycles. The predicted octanol–water partition coefficient (Wildman–Crippen LogP) is -0.353. The summed E-state index contributed by atoms with van der Waals surface area (Å²) in [5.41, 5.74) is 0. The second-order valence-electron chi connectivity index (χ2n) is 3.30. The molecule has 1 aliphatic heterocycles. The number of carbonyl (C=O) groups is 2. The van der Waals surface area contributed by atoms with Gasteiger partial charge in [0.05, 0.1) is 0 Å². The molecule has 0 radical (unpaired) electrons. The number of nitrogens with one attached hydrogen (secondary N) is 2. The van der Waals surface area contributed by atoms with Crippen LogP contribution in [0.25, 0.3) is 0 Å². The van der Waals surface area contributed by atoms with Crippen LogP contribution in [0.3, 0.4) is 0 Å². The summed E-state index contributed by atoms with van der Waals surface area (Å²) in [5, 5.41) is 5.34. The second-order valence-corrected chi connectivity index (χ2v) is 3.30. The van der Waals surface area contributed by atoms with E-state index in [9.17, 15) is 9.59 Å². The molecular formula is C8H14N2O2. The highest BCUT2D eigenvalue weighted by Gasteiger charge is 2.25. The van der Waals surface area contributed by atoms with Gasteiger partial charge in [-0.15, -0.1) is 0 Å². The quantitative estimate of drug-likeness (QED) is 0.595. The van der Waals surface area contributed by atoms with E-state index < -0.39 is 0 Å². The van der Waals surface area contributed by atoms with Gasteiger partial charge >= 0.3 is 0 Å². The smallest absolute Gasteiger partial charge is 0.242 e. The van der Waals surface area contributed by atoms with Gasteiger partial charge in [0.2, 0.25) is 11.8 Å². The summed E-state index contributed by atoms with van der Waals surface area (Å²) in [6, 6.07) is -0.306. The number of hydrogen-bond acceptors (Lipinski definition) is 2. The molecule has 1 heterocycles. The van der Waals surface area contributed by atoms with Crippen LogP contribution in [0.2, 0.25) is 0 Å². The van der Waals surface area contributed by atoms with Crippen LogP contribution in [0.4, 0.5) is 0 Å². The molecule has 2 amide bonds. The molecule has 0 aliphatic carbocycles. The second kappa shape index (κ2) is 3.56. The first-order valence-corrected chi connectivity index (χ1v) is 4.19. The molecule has 1 saturated heterocycles. The normalized spacial score (nSPS) is 22.6. The van der Waals surface area contributed by atoms with Crippen molar-refractivity contribution in [1.82, 2.24) is 10.6 Å². The summed E-state index contributed by atoms with van der Waals surface area (Å²) in [4.78, 5) is 22.2. The molecule has 12 heavy (non-hydrogen) atoms. The maximum atomic E-state index is 11.2. The number of hydrogen-bond donors (Lipinski definition) is 2. The molecule has 1 fully saturated rings. The van der Waals surface area contributed by atoms with Gasteiger partial charge in [-0.1, -0.05) is 13.8 Å². The van der Waals surface area contributed by atoms with E-state index in [-0.39, 0.29) is 23.8 Å². The summed E-state index contributed by atoms with van der Waals surface area (Å²) in [7, 11) is 0. The number of carbonyl (C=O) groups excluding carboxylic acids is 2. The van der Waals surface area contributed by atoms with Crippen molar-refractivity contribution in [2.75, 3.05) is 6.54 Å². The van der Waals surface area contributed by atoms with Crippen LogP contribution < -0.4 is 10.6 Å². The Morgan fingerprint density at radius 3 is 2.75 bits per heavy atom. The molecule has 1 aliphatic rings. The third-order valence-corrected chi connectivity index (χ3v) is 1.89. The number of amides is 2. The first-order chi connectivity index (χ1) is 5.61. The van der Waals surface area contributed by atoms with E-state index in [4.69, 9.17) is 0 Å². The molecule has 2 N–H and O–H groups in total. The molecule has 0 aromatic heterocycles. The van der Waals surface area contributed by atoms with Gasteiger partial charge in [0.1, 0.15) is 6.04 Å². The molecular weight excluding hydrogens is 156 g/mol. The molecule has 1 rings (SSSR count). The SMILES string of the molecule is CC(C)C(=O)NC1CCNC1=O. The minimum atomic E-state index is -0.306. The van der Waals surface area contributed by atoms with E-state index >= 15 is 0 Å². The standard InChI is InChI=1S/C8H14N2O2/c1-5(2)7(11)10-6-3-4-9-8(6)12/h5-6H,3-4H2,1-2H3,(H,9,12)(H,10,11). The zero-order valence-electron chi connectivity index (χ0n) is 7.39. The third kappa shape index (κ3) is 1.96. The molecule has 68 valence electrons. The van der Waals surface area contributed by atoms with Crippen LogP contribution in [0.15, 0.2) is 0 Å². The highest BCUT2D eigenvalue weighted by molar-refractivity contribution is 5.89. The first kappa shape index (κ1) is 9.03. The van der Waals surface area contributed by atoms with E-state index in [1.54, 1.807) is 0 Å². The lowest BCUT2D eigenvalue weighted by atomic mass is 10.2. The van der Waals surface area contributed by atoms with Crippen LogP contribution in [-0.4, -0.2) is 24.4 Å². The van der Waals surface area contributed by atoms with Crippen LogP contribution in [0.5, 0.6) is 0 Å². The fraction of sp³-hybridized carbons (Fsp3) is 0.750. The van der Waals surface area contributed by atoms with Gasteiger partial charge in [0.25, 0.3) is 0 Å². The Balaban J connectivity index is 2.40. The van der Waals surface area contributed by atoms with Crippen LogP contribution in [-0.2, 0) is 9.59 Å². The van der Waals surface area contributed by atoms with Crippen molar-refractivity contribution in [3.05, 3.63) is 0 Å². The Morgan fingerprint density at radius 2 is 2.33 bits per heavy atom. The topological polar surface area (TPSA) is 58.2 Å². The number of rotatable bonds is 2. The van der Waals surface area contributed by atoms with Crippen molar-refractivity contribution in [2.45, 2.75) is 26.3 Å². The van der Waals surface area contributed by atoms with E-state index in [1.165, 1.54) is 0 Å². The minimum absolute atomic E-state index is 0.0570. The van der Waals surface area contributed by atoms with Gasteiger partial charge in [0.15, 0.2) is 0 Å². The van der Waals surface area contributed by atoms with Crippen molar-refractivity contribution >= 4 is 11.8 Å². The Kier molecular flexibility index (Phi) is 2.68. The molecule has 0 aromatic rings. The maximum absolute atomic E-state index is 11.2. The van der Waals surface area contributed by atoms with Crippen molar-refractivity contribution in [1.29, 1.82) is 0 Å². The van der Waals surface area contributed by atoms with E-state index in [0.29, 0.717) is 13.0 Å². The fourth-order valence-electron chi connectivity index (χ4n) is 1.07. The zero-order chi connectivity index (χ0) is 9.14.